The Balaban J connectivity index is 1.26. The maximum Gasteiger partial charge on any atom is 0.338 e. The molecule has 5 atom stereocenters. The van der Waals surface area contributed by atoms with E-state index in [1.807, 2.05) is 54.6 Å². The van der Waals surface area contributed by atoms with Crippen LogP contribution in [0.1, 0.15) is 55.3 Å². The number of ether oxygens (including phenoxy) is 2. The first-order chi connectivity index (χ1) is 16.6. The van der Waals surface area contributed by atoms with Gasteiger partial charge in [-0.15, -0.1) is 0 Å². The maximum absolute atomic E-state index is 12.9. The standard InChI is InChI=1S/C29H32O5/c30-23(16-19-6-4-5-7-19)14-15-24-25-17-28(31)33-27(25)18-26(24)34-29(32)22-12-10-21(11-13-22)20-8-2-1-3-9-20/h1-3,8-15,19,23-27,30H,4-7,16-18H2/t23-,24-,25-,26-,27+/m1/s1. The normalized spacial score (nSPS) is 27.6. The Morgan fingerprint density at radius 2 is 1.76 bits per heavy atom. The van der Waals surface area contributed by atoms with E-state index in [-0.39, 0.29) is 36.0 Å². The third-order valence-electron chi connectivity index (χ3n) is 7.64. The smallest absolute Gasteiger partial charge is 0.338 e. The summed E-state index contributed by atoms with van der Waals surface area (Å²) in [6.45, 7) is 0. The van der Waals surface area contributed by atoms with Crippen LogP contribution in [-0.4, -0.2) is 35.4 Å². The first-order valence-corrected chi connectivity index (χ1v) is 12.5. The van der Waals surface area contributed by atoms with Crippen LogP contribution in [0.4, 0.5) is 0 Å². The first kappa shape index (κ1) is 22.9. The molecule has 178 valence electrons. The van der Waals surface area contributed by atoms with E-state index in [0.29, 0.717) is 24.3 Å². The lowest BCUT2D eigenvalue weighted by molar-refractivity contribution is -0.141. The zero-order valence-corrected chi connectivity index (χ0v) is 19.3. The molecule has 0 unspecified atom stereocenters. The van der Waals surface area contributed by atoms with Gasteiger partial charge in [0.15, 0.2) is 0 Å². The average Bonchev–Trinajstić information content (AvgIpc) is 3.55. The minimum atomic E-state index is -0.512. The number of fused-ring (bicyclic) bond motifs is 1. The highest BCUT2D eigenvalue weighted by Crippen LogP contribution is 2.44. The monoisotopic (exact) mass is 460 g/mol. The molecule has 5 nitrogen and oxygen atoms in total. The number of hydrogen-bond donors (Lipinski definition) is 1. The number of esters is 2. The van der Waals surface area contributed by atoms with Gasteiger partial charge in [-0.3, -0.25) is 4.79 Å². The van der Waals surface area contributed by atoms with Crippen molar-refractivity contribution in [2.75, 3.05) is 0 Å². The van der Waals surface area contributed by atoms with Gasteiger partial charge in [-0.1, -0.05) is 80.3 Å². The van der Waals surface area contributed by atoms with E-state index < -0.39 is 6.10 Å². The van der Waals surface area contributed by atoms with Crippen LogP contribution >= 0.6 is 0 Å². The molecule has 2 aromatic rings. The summed E-state index contributed by atoms with van der Waals surface area (Å²) in [5, 5.41) is 10.5. The highest BCUT2D eigenvalue weighted by atomic mass is 16.6. The number of aliphatic hydroxyl groups is 1. The van der Waals surface area contributed by atoms with Crippen molar-refractivity contribution in [2.45, 2.75) is 63.3 Å². The quantitative estimate of drug-likeness (QED) is 0.447. The molecule has 2 saturated carbocycles. The SMILES string of the molecule is O=C1C[C@@H]2[C@@H](C=C[C@@H](O)CC3CCCC3)[C@H](OC(=O)c3ccc(-c4ccccc4)cc3)C[C@@H]2O1. The van der Waals surface area contributed by atoms with Gasteiger partial charge >= 0.3 is 11.9 Å². The van der Waals surface area contributed by atoms with Crippen molar-refractivity contribution in [3.05, 3.63) is 72.3 Å². The predicted octanol–water partition coefficient (Wildman–Crippen LogP) is 5.33. The highest BCUT2D eigenvalue weighted by molar-refractivity contribution is 5.90. The molecule has 3 aliphatic rings. The fourth-order valence-electron chi connectivity index (χ4n) is 5.85. The molecule has 1 N–H and O–H groups in total. The molecule has 0 bridgehead atoms. The van der Waals surface area contributed by atoms with Gasteiger partial charge in [0.25, 0.3) is 0 Å². The van der Waals surface area contributed by atoms with E-state index in [9.17, 15) is 14.7 Å². The molecule has 2 aliphatic carbocycles. The fraction of sp³-hybridized carbons (Fsp3) is 0.448. The van der Waals surface area contributed by atoms with Crippen LogP contribution in [0.2, 0.25) is 0 Å². The Morgan fingerprint density at radius 1 is 1.06 bits per heavy atom. The lowest BCUT2D eigenvalue weighted by atomic mass is 9.90. The summed E-state index contributed by atoms with van der Waals surface area (Å²) >= 11 is 0. The zero-order valence-electron chi connectivity index (χ0n) is 19.3. The van der Waals surface area contributed by atoms with Crippen molar-refractivity contribution in [1.29, 1.82) is 0 Å². The molecule has 1 heterocycles. The van der Waals surface area contributed by atoms with Crippen molar-refractivity contribution in [1.82, 2.24) is 0 Å². The molecule has 2 aromatic carbocycles. The molecule has 3 fully saturated rings. The molecule has 0 amide bonds. The Morgan fingerprint density at radius 3 is 2.50 bits per heavy atom. The minimum Gasteiger partial charge on any atom is -0.462 e. The van der Waals surface area contributed by atoms with Crippen molar-refractivity contribution < 1.29 is 24.2 Å². The van der Waals surface area contributed by atoms with E-state index in [4.69, 9.17) is 9.47 Å². The number of aliphatic hydroxyl groups excluding tert-OH is 1. The summed E-state index contributed by atoms with van der Waals surface area (Å²) in [6, 6.07) is 17.4. The Labute approximate surface area is 200 Å². The molecule has 0 radical (unpaired) electrons. The van der Waals surface area contributed by atoms with E-state index in [2.05, 4.69) is 0 Å². The van der Waals surface area contributed by atoms with Gasteiger partial charge in [-0.2, -0.15) is 0 Å². The number of carbonyl (C=O) groups is 2. The summed E-state index contributed by atoms with van der Waals surface area (Å²) in [5.74, 6) is -0.134. The molecule has 5 rings (SSSR count). The Kier molecular flexibility index (Phi) is 6.82. The maximum atomic E-state index is 12.9. The van der Waals surface area contributed by atoms with Gasteiger partial charge in [0.1, 0.15) is 12.2 Å². The minimum absolute atomic E-state index is 0.0133. The van der Waals surface area contributed by atoms with E-state index in [1.54, 1.807) is 12.1 Å². The van der Waals surface area contributed by atoms with Crippen LogP contribution in [-0.2, 0) is 14.3 Å². The molecular formula is C29H32O5. The molecular weight excluding hydrogens is 428 g/mol. The van der Waals surface area contributed by atoms with Gasteiger partial charge < -0.3 is 14.6 Å². The Hall–Kier alpha value is -2.92. The van der Waals surface area contributed by atoms with Crippen LogP contribution in [0.15, 0.2) is 66.7 Å². The topological polar surface area (TPSA) is 72.8 Å². The second-order valence-electron chi connectivity index (χ2n) is 9.93. The average molecular weight is 461 g/mol. The van der Waals surface area contributed by atoms with Crippen LogP contribution in [0, 0.1) is 17.8 Å². The van der Waals surface area contributed by atoms with Crippen molar-refractivity contribution in [3.63, 3.8) is 0 Å². The molecule has 0 aromatic heterocycles. The zero-order chi connectivity index (χ0) is 23.5. The van der Waals surface area contributed by atoms with Gasteiger partial charge in [0.05, 0.1) is 18.1 Å². The summed E-state index contributed by atoms with van der Waals surface area (Å²) in [4.78, 5) is 24.8. The molecule has 1 saturated heterocycles. The second-order valence-corrected chi connectivity index (χ2v) is 9.93. The molecule has 5 heteroatoms. The molecule has 0 spiro atoms. The van der Waals surface area contributed by atoms with E-state index in [1.165, 1.54) is 25.7 Å². The third kappa shape index (κ3) is 5.10. The lowest BCUT2D eigenvalue weighted by Crippen LogP contribution is -2.25. The van der Waals surface area contributed by atoms with Gasteiger partial charge in [0.2, 0.25) is 0 Å². The first-order valence-electron chi connectivity index (χ1n) is 12.5. The largest absolute Gasteiger partial charge is 0.462 e. The second kappa shape index (κ2) is 10.1. The summed E-state index contributed by atoms with van der Waals surface area (Å²) < 4.78 is 11.4. The van der Waals surface area contributed by atoms with Crippen molar-refractivity contribution in [3.8, 4) is 11.1 Å². The van der Waals surface area contributed by atoms with Crippen molar-refractivity contribution >= 4 is 11.9 Å². The number of carbonyl (C=O) groups excluding carboxylic acids is 2. The number of benzene rings is 2. The Bertz CT molecular complexity index is 1020. The van der Waals surface area contributed by atoms with Crippen LogP contribution < -0.4 is 0 Å². The highest BCUT2D eigenvalue weighted by Gasteiger charge is 2.50. The van der Waals surface area contributed by atoms with Crippen LogP contribution in [0.3, 0.4) is 0 Å². The van der Waals surface area contributed by atoms with Crippen LogP contribution in [0.25, 0.3) is 11.1 Å². The summed E-state index contributed by atoms with van der Waals surface area (Å²) in [5.41, 5.74) is 2.63. The molecule has 1 aliphatic heterocycles. The third-order valence-corrected chi connectivity index (χ3v) is 7.64. The van der Waals surface area contributed by atoms with Gasteiger partial charge in [0, 0.05) is 18.3 Å². The van der Waals surface area contributed by atoms with Crippen LogP contribution in [0.5, 0.6) is 0 Å². The van der Waals surface area contributed by atoms with Gasteiger partial charge in [-0.05, 0) is 35.6 Å². The van der Waals surface area contributed by atoms with E-state index >= 15 is 0 Å². The summed E-state index contributed by atoms with van der Waals surface area (Å²) in [7, 11) is 0. The molecule has 34 heavy (non-hydrogen) atoms. The fourth-order valence-corrected chi connectivity index (χ4v) is 5.85. The van der Waals surface area contributed by atoms with E-state index in [0.717, 1.165) is 17.5 Å². The number of hydrogen-bond acceptors (Lipinski definition) is 5. The lowest BCUT2D eigenvalue weighted by Gasteiger charge is -2.21. The predicted molar refractivity (Wildman–Crippen MR) is 129 cm³/mol. The summed E-state index contributed by atoms with van der Waals surface area (Å²) in [6.07, 6.45) is 9.14. The van der Waals surface area contributed by atoms with Gasteiger partial charge in [-0.25, -0.2) is 4.79 Å². The van der Waals surface area contributed by atoms with Crippen molar-refractivity contribution in [2.24, 2.45) is 17.8 Å². The number of rotatable bonds is 7.